The zero-order chi connectivity index (χ0) is 20.4. The SMILES string of the molecule is COc1cc2c(cc1OC)CN(c1cc(Nc3ccc(F)cc3F)ncn1)CC2. The number of benzene rings is 2. The zero-order valence-electron chi connectivity index (χ0n) is 16.1. The summed E-state index contributed by atoms with van der Waals surface area (Å²) in [5.74, 6) is 1.23. The van der Waals surface area contributed by atoms with Gasteiger partial charge in [-0.05, 0) is 41.8 Å². The summed E-state index contributed by atoms with van der Waals surface area (Å²) in [4.78, 5) is 10.6. The molecule has 1 N–H and O–H groups in total. The van der Waals surface area contributed by atoms with Gasteiger partial charge in [-0.1, -0.05) is 0 Å². The standard InChI is InChI=1S/C21H20F2N4O2/c1-28-18-7-13-5-6-27(11-14(13)8-19(18)29-2)21-10-20(24-12-25-21)26-17-4-3-15(22)9-16(17)23/h3-4,7-10,12H,5-6,11H2,1-2H3,(H,24,25,26). The summed E-state index contributed by atoms with van der Waals surface area (Å²) in [6.45, 7) is 1.42. The molecule has 1 aliphatic rings. The van der Waals surface area contributed by atoms with E-state index in [-0.39, 0.29) is 5.69 Å². The summed E-state index contributed by atoms with van der Waals surface area (Å²) in [5.41, 5.74) is 2.49. The van der Waals surface area contributed by atoms with E-state index in [4.69, 9.17) is 9.47 Å². The highest BCUT2D eigenvalue weighted by Crippen LogP contribution is 2.34. The Morgan fingerprint density at radius 1 is 0.966 bits per heavy atom. The van der Waals surface area contributed by atoms with Crippen LogP contribution in [0.15, 0.2) is 42.7 Å². The van der Waals surface area contributed by atoms with Gasteiger partial charge in [0.1, 0.15) is 29.6 Å². The summed E-state index contributed by atoms with van der Waals surface area (Å²) in [6, 6.07) is 9.09. The van der Waals surface area contributed by atoms with Crippen molar-refractivity contribution < 1.29 is 18.3 Å². The number of nitrogens with zero attached hydrogens (tertiary/aromatic N) is 3. The lowest BCUT2D eigenvalue weighted by Gasteiger charge is -2.30. The molecule has 0 fully saturated rings. The molecular weight excluding hydrogens is 378 g/mol. The molecule has 2 heterocycles. The second-order valence-electron chi connectivity index (χ2n) is 6.66. The topological polar surface area (TPSA) is 59.5 Å². The van der Waals surface area contributed by atoms with Crippen LogP contribution in [0.3, 0.4) is 0 Å². The van der Waals surface area contributed by atoms with Gasteiger partial charge >= 0.3 is 0 Å². The highest BCUT2D eigenvalue weighted by Gasteiger charge is 2.21. The van der Waals surface area contributed by atoms with E-state index < -0.39 is 11.6 Å². The van der Waals surface area contributed by atoms with Gasteiger partial charge in [0.2, 0.25) is 0 Å². The number of hydrogen-bond donors (Lipinski definition) is 1. The van der Waals surface area contributed by atoms with Crippen LogP contribution in [0.2, 0.25) is 0 Å². The lowest BCUT2D eigenvalue weighted by Crippen LogP contribution is -2.31. The molecule has 8 heteroatoms. The molecule has 0 unspecified atom stereocenters. The number of ether oxygens (including phenoxy) is 2. The van der Waals surface area contributed by atoms with E-state index in [1.807, 2.05) is 12.1 Å². The average molecular weight is 398 g/mol. The van der Waals surface area contributed by atoms with Crippen molar-refractivity contribution >= 4 is 17.3 Å². The summed E-state index contributed by atoms with van der Waals surface area (Å²) in [5, 5.41) is 2.88. The van der Waals surface area contributed by atoms with E-state index in [0.29, 0.717) is 23.9 Å². The molecule has 2 aromatic carbocycles. The van der Waals surface area contributed by atoms with E-state index in [1.54, 1.807) is 20.3 Å². The van der Waals surface area contributed by atoms with Crippen LogP contribution in [-0.2, 0) is 13.0 Å². The van der Waals surface area contributed by atoms with Crippen molar-refractivity contribution in [1.29, 1.82) is 0 Å². The molecule has 4 rings (SSSR count). The van der Waals surface area contributed by atoms with Crippen molar-refractivity contribution in [3.05, 3.63) is 65.5 Å². The lowest BCUT2D eigenvalue weighted by molar-refractivity contribution is 0.353. The predicted octanol–water partition coefficient (Wildman–Crippen LogP) is 4.08. The Labute approximate surface area is 167 Å². The zero-order valence-corrected chi connectivity index (χ0v) is 16.1. The van der Waals surface area contributed by atoms with E-state index >= 15 is 0 Å². The highest BCUT2D eigenvalue weighted by molar-refractivity contribution is 5.60. The molecule has 150 valence electrons. The van der Waals surface area contributed by atoms with Gasteiger partial charge in [0.15, 0.2) is 11.5 Å². The first-order valence-corrected chi connectivity index (χ1v) is 9.10. The van der Waals surface area contributed by atoms with Crippen LogP contribution < -0.4 is 19.7 Å². The maximum Gasteiger partial charge on any atom is 0.161 e. The van der Waals surface area contributed by atoms with Crippen molar-refractivity contribution in [2.24, 2.45) is 0 Å². The van der Waals surface area contributed by atoms with Gasteiger partial charge in [-0.25, -0.2) is 18.7 Å². The van der Waals surface area contributed by atoms with Crippen LogP contribution in [0.4, 0.5) is 26.1 Å². The number of methoxy groups -OCH3 is 2. The molecule has 0 saturated carbocycles. The Morgan fingerprint density at radius 2 is 1.72 bits per heavy atom. The normalized spacial score (nSPS) is 13.0. The van der Waals surface area contributed by atoms with Crippen LogP contribution in [-0.4, -0.2) is 30.7 Å². The van der Waals surface area contributed by atoms with Crippen molar-refractivity contribution in [2.75, 3.05) is 31.0 Å². The second kappa shape index (κ2) is 7.90. The summed E-state index contributed by atoms with van der Waals surface area (Å²) >= 11 is 0. The largest absolute Gasteiger partial charge is 0.493 e. The number of hydrogen-bond acceptors (Lipinski definition) is 6. The quantitative estimate of drug-likeness (QED) is 0.699. The molecule has 1 aromatic heterocycles. The fourth-order valence-electron chi connectivity index (χ4n) is 3.40. The highest BCUT2D eigenvalue weighted by atomic mass is 19.1. The molecule has 0 amide bonds. The Hall–Kier alpha value is -3.42. The van der Waals surface area contributed by atoms with Gasteiger partial charge < -0.3 is 19.7 Å². The van der Waals surface area contributed by atoms with Crippen molar-refractivity contribution in [3.63, 3.8) is 0 Å². The van der Waals surface area contributed by atoms with Gasteiger partial charge in [0, 0.05) is 25.2 Å². The fraction of sp³-hybridized carbons (Fsp3) is 0.238. The Kier molecular flexibility index (Phi) is 5.16. The minimum absolute atomic E-state index is 0.150. The molecule has 0 spiro atoms. The van der Waals surface area contributed by atoms with Gasteiger partial charge in [-0.15, -0.1) is 0 Å². The minimum Gasteiger partial charge on any atom is -0.493 e. The van der Waals surface area contributed by atoms with E-state index in [2.05, 4.69) is 20.2 Å². The molecular formula is C21H20F2N4O2. The molecule has 6 nitrogen and oxygen atoms in total. The number of rotatable bonds is 5. The van der Waals surface area contributed by atoms with Gasteiger partial charge in [0.25, 0.3) is 0 Å². The predicted molar refractivity (Wildman–Crippen MR) is 106 cm³/mol. The number of nitrogens with one attached hydrogen (secondary N) is 1. The van der Waals surface area contributed by atoms with Crippen molar-refractivity contribution in [3.8, 4) is 11.5 Å². The first-order chi connectivity index (χ1) is 14.1. The third-order valence-corrected chi connectivity index (χ3v) is 4.89. The second-order valence-corrected chi connectivity index (χ2v) is 6.66. The number of anilines is 3. The van der Waals surface area contributed by atoms with Gasteiger partial charge in [-0.2, -0.15) is 0 Å². The molecule has 29 heavy (non-hydrogen) atoms. The Morgan fingerprint density at radius 3 is 2.45 bits per heavy atom. The lowest BCUT2D eigenvalue weighted by atomic mass is 9.99. The first-order valence-electron chi connectivity index (χ1n) is 9.10. The first kappa shape index (κ1) is 18.9. The Bertz CT molecular complexity index is 1050. The van der Waals surface area contributed by atoms with Gasteiger partial charge in [0.05, 0.1) is 19.9 Å². The smallest absolute Gasteiger partial charge is 0.161 e. The summed E-state index contributed by atoms with van der Waals surface area (Å²) in [6.07, 6.45) is 2.25. The van der Waals surface area contributed by atoms with Crippen LogP contribution in [0.25, 0.3) is 0 Å². The van der Waals surface area contributed by atoms with Crippen LogP contribution in [0, 0.1) is 11.6 Å². The van der Waals surface area contributed by atoms with Crippen molar-refractivity contribution in [1.82, 2.24) is 9.97 Å². The van der Waals surface area contributed by atoms with E-state index in [9.17, 15) is 8.78 Å². The molecule has 0 radical (unpaired) electrons. The molecule has 0 bridgehead atoms. The number of halogens is 2. The van der Waals surface area contributed by atoms with E-state index in [0.717, 1.165) is 30.3 Å². The fourth-order valence-corrected chi connectivity index (χ4v) is 3.40. The maximum atomic E-state index is 13.9. The monoisotopic (exact) mass is 398 g/mol. The minimum atomic E-state index is -0.682. The maximum absolute atomic E-state index is 13.9. The van der Waals surface area contributed by atoms with E-state index in [1.165, 1.54) is 24.0 Å². The number of aromatic nitrogens is 2. The van der Waals surface area contributed by atoms with Crippen molar-refractivity contribution in [2.45, 2.75) is 13.0 Å². The third kappa shape index (κ3) is 3.91. The summed E-state index contributed by atoms with van der Waals surface area (Å²) < 4.78 is 37.8. The average Bonchev–Trinajstić information content (AvgIpc) is 2.74. The summed E-state index contributed by atoms with van der Waals surface area (Å²) in [7, 11) is 3.24. The van der Waals surface area contributed by atoms with Crippen LogP contribution in [0.5, 0.6) is 11.5 Å². The molecule has 1 aliphatic heterocycles. The molecule has 0 atom stereocenters. The van der Waals surface area contributed by atoms with Crippen LogP contribution >= 0.6 is 0 Å². The number of fused-ring (bicyclic) bond motifs is 1. The van der Waals surface area contributed by atoms with Gasteiger partial charge in [-0.3, -0.25) is 0 Å². The van der Waals surface area contributed by atoms with Crippen LogP contribution in [0.1, 0.15) is 11.1 Å². The third-order valence-electron chi connectivity index (χ3n) is 4.89. The molecule has 0 aliphatic carbocycles. The Balaban J connectivity index is 1.56. The molecule has 3 aromatic rings. The molecule has 0 saturated heterocycles.